The molecule has 1 aromatic carbocycles. The molecular formula is C10H6Br3N3O. The summed E-state index contributed by atoms with van der Waals surface area (Å²) in [4.78, 5) is 17.9. The molecule has 2 N–H and O–H groups in total. The number of anilines is 2. The maximum Gasteiger partial charge on any atom is 0.267 e. The molecule has 1 heterocycles. The van der Waals surface area contributed by atoms with Crippen molar-refractivity contribution >= 4 is 59.3 Å². The normalized spacial score (nSPS) is 10.3. The first-order valence-corrected chi connectivity index (χ1v) is 6.91. The van der Waals surface area contributed by atoms with Crippen molar-refractivity contribution in [3.8, 4) is 0 Å². The first-order valence-electron chi connectivity index (χ1n) is 4.54. The van der Waals surface area contributed by atoms with E-state index in [2.05, 4.69) is 63.1 Å². The van der Waals surface area contributed by atoms with E-state index in [4.69, 9.17) is 0 Å². The molecule has 0 aliphatic carbocycles. The van der Waals surface area contributed by atoms with Crippen LogP contribution < -0.4 is 10.9 Å². The van der Waals surface area contributed by atoms with Crippen molar-refractivity contribution < 1.29 is 0 Å². The number of nitrogens with one attached hydrogen (secondary N) is 2. The maximum atomic E-state index is 11.4. The quantitative estimate of drug-likeness (QED) is 0.772. The second kappa shape index (κ2) is 5.32. The summed E-state index contributed by atoms with van der Waals surface area (Å²) in [5, 5.41) is 3.08. The lowest BCUT2D eigenvalue weighted by Gasteiger charge is -2.10. The van der Waals surface area contributed by atoms with Crippen molar-refractivity contribution in [2.45, 2.75) is 0 Å². The van der Waals surface area contributed by atoms with Gasteiger partial charge in [-0.1, -0.05) is 6.07 Å². The van der Waals surface area contributed by atoms with Crippen LogP contribution in [0, 0.1) is 0 Å². The summed E-state index contributed by atoms with van der Waals surface area (Å²) in [6.07, 6.45) is 1.35. The van der Waals surface area contributed by atoms with Gasteiger partial charge in [0.1, 0.15) is 4.47 Å². The molecule has 0 fully saturated rings. The number of aromatic nitrogens is 2. The van der Waals surface area contributed by atoms with E-state index in [1.165, 1.54) is 6.33 Å². The van der Waals surface area contributed by atoms with Gasteiger partial charge in [-0.3, -0.25) is 4.79 Å². The Hall–Kier alpha value is -0.660. The van der Waals surface area contributed by atoms with E-state index >= 15 is 0 Å². The number of benzene rings is 1. The lowest BCUT2D eigenvalue weighted by atomic mass is 10.3. The molecule has 0 unspecified atom stereocenters. The van der Waals surface area contributed by atoms with Crippen molar-refractivity contribution in [3.05, 3.63) is 48.3 Å². The summed E-state index contributed by atoms with van der Waals surface area (Å²) >= 11 is 10.0. The van der Waals surface area contributed by atoms with Gasteiger partial charge in [0.25, 0.3) is 5.56 Å². The van der Waals surface area contributed by atoms with Gasteiger partial charge < -0.3 is 10.3 Å². The highest BCUT2D eigenvalue weighted by molar-refractivity contribution is 9.11. The zero-order chi connectivity index (χ0) is 12.4. The zero-order valence-electron chi connectivity index (χ0n) is 8.30. The summed E-state index contributed by atoms with van der Waals surface area (Å²) in [5.74, 6) is 0.460. The van der Waals surface area contributed by atoms with Gasteiger partial charge in [0.2, 0.25) is 0 Å². The molecule has 0 spiro atoms. The second-order valence-electron chi connectivity index (χ2n) is 3.12. The maximum absolute atomic E-state index is 11.4. The van der Waals surface area contributed by atoms with Gasteiger partial charge in [0, 0.05) is 8.95 Å². The Morgan fingerprint density at radius 3 is 2.47 bits per heavy atom. The third kappa shape index (κ3) is 2.78. The Morgan fingerprint density at radius 2 is 1.82 bits per heavy atom. The van der Waals surface area contributed by atoms with Crippen LogP contribution in [0.15, 0.2) is 42.7 Å². The molecule has 0 bridgehead atoms. The summed E-state index contributed by atoms with van der Waals surface area (Å²) in [6, 6.07) is 5.70. The number of rotatable bonds is 2. The van der Waals surface area contributed by atoms with E-state index in [-0.39, 0.29) is 5.56 Å². The lowest BCUT2D eigenvalue weighted by Crippen LogP contribution is -2.10. The van der Waals surface area contributed by atoms with Gasteiger partial charge in [-0.15, -0.1) is 0 Å². The summed E-state index contributed by atoms with van der Waals surface area (Å²) in [7, 11) is 0. The van der Waals surface area contributed by atoms with Crippen LogP contribution in [0.2, 0.25) is 0 Å². The van der Waals surface area contributed by atoms with Crippen LogP contribution in [-0.4, -0.2) is 9.97 Å². The molecule has 0 saturated heterocycles. The predicted molar refractivity (Wildman–Crippen MR) is 77.7 cm³/mol. The minimum absolute atomic E-state index is 0.231. The van der Waals surface area contributed by atoms with Crippen LogP contribution in [0.3, 0.4) is 0 Å². The van der Waals surface area contributed by atoms with E-state index in [0.29, 0.717) is 10.3 Å². The van der Waals surface area contributed by atoms with Gasteiger partial charge in [-0.05, 0) is 59.9 Å². The number of nitrogens with zero attached hydrogens (tertiary/aromatic N) is 1. The minimum Gasteiger partial charge on any atom is -0.337 e. The van der Waals surface area contributed by atoms with Crippen LogP contribution in [0.4, 0.5) is 11.5 Å². The summed E-state index contributed by atoms with van der Waals surface area (Å²) in [5.41, 5.74) is 0.581. The number of H-pyrrole nitrogens is 1. The zero-order valence-corrected chi connectivity index (χ0v) is 13.1. The molecule has 4 nitrogen and oxygen atoms in total. The van der Waals surface area contributed by atoms with E-state index in [9.17, 15) is 4.79 Å². The fraction of sp³-hybridized carbons (Fsp3) is 0. The second-order valence-corrected chi connectivity index (χ2v) is 5.62. The average Bonchev–Trinajstić information content (AvgIpc) is 2.29. The number of hydrogen-bond donors (Lipinski definition) is 2. The molecule has 0 amide bonds. The average molecular weight is 424 g/mol. The monoisotopic (exact) mass is 421 g/mol. The topological polar surface area (TPSA) is 57.8 Å². The van der Waals surface area contributed by atoms with E-state index < -0.39 is 0 Å². The van der Waals surface area contributed by atoms with Gasteiger partial charge >= 0.3 is 0 Å². The third-order valence-corrected chi connectivity index (χ3v) is 4.06. The van der Waals surface area contributed by atoms with Crippen LogP contribution in [0.1, 0.15) is 0 Å². The molecule has 0 atom stereocenters. The van der Waals surface area contributed by atoms with Crippen LogP contribution in [-0.2, 0) is 0 Å². The highest BCUT2D eigenvalue weighted by atomic mass is 79.9. The molecule has 1 aromatic heterocycles. The Balaban J connectivity index is 2.45. The predicted octanol–water partition coefficient (Wildman–Crippen LogP) is 3.80. The van der Waals surface area contributed by atoms with Crippen molar-refractivity contribution in [3.63, 3.8) is 0 Å². The fourth-order valence-electron chi connectivity index (χ4n) is 1.21. The molecule has 2 aromatic rings. The fourth-order valence-corrected chi connectivity index (χ4v) is 2.72. The molecule has 17 heavy (non-hydrogen) atoms. The van der Waals surface area contributed by atoms with E-state index in [0.717, 1.165) is 14.6 Å². The molecular weight excluding hydrogens is 418 g/mol. The lowest BCUT2D eigenvalue weighted by molar-refractivity contribution is 1.10. The minimum atomic E-state index is -0.231. The number of halogens is 3. The Kier molecular flexibility index (Phi) is 4.01. The highest BCUT2D eigenvalue weighted by Gasteiger charge is 2.09. The summed E-state index contributed by atoms with van der Waals surface area (Å²) < 4.78 is 2.12. The summed E-state index contributed by atoms with van der Waals surface area (Å²) in [6.45, 7) is 0. The highest BCUT2D eigenvalue weighted by Crippen LogP contribution is 2.33. The molecule has 88 valence electrons. The smallest absolute Gasteiger partial charge is 0.267 e. The Labute approximate surface area is 122 Å². The van der Waals surface area contributed by atoms with E-state index in [1.807, 2.05) is 18.2 Å². The molecule has 0 aliphatic heterocycles. The Morgan fingerprint density at radius 1 is 1.18 bits per heavy atom. The standard InChI is InChI=1S/C10H6Br3N3O/c11-5-2-1-3-6(12)8(5)16-9-7(13)10(17)15-4-14-9/h1-4H,(H2,14,15,16,17). The molecule has 7 heteroatoms. The first-order chi connectivity index (χ1) is 8.09. The van der Waals surface area contributed by atoms with Crippen LogP contribution in [0.5, 0.6) is 0 Å². The van der Waals surface area contributed by atoms with Crippen LogP contribution in [0.25, 0.3) is 0 Å². The van der Waals surface area contributed by atoms with E-state index in [1.54, 1.807) is 0 Å². The molecule has 0 saturated carbocycles. The van der Waals surface area contributed by atoms with Crippen molar-refractivity contribution in [2.24, 2.45) is 0 Å². The third-order valence-electron chi connectivity index (χ3n) is 2.00. The van der Waals surface area contributed by atoms with Gasteiger partial charge in [-0.25, -0.2) is 4.98 Å². The first kappa shape index (κ1) is 12.8. The largest absolute Gasteiger partial charge is 0.337 e. The van der Waals surface area contributed by atoms with Crippen molar-refractivity contribution in [1.29, 1.82) is 0 Å². The van der Waals surface area contributed by atoms with Crippen molar-refractivity contribution in [1.82, 2.24) is 9.97 Å². The number of hydrogen-bond acceptors (Lipinski definition) is 3. The molecule has 0 radical (unpaired) electrons. The van der Waals surface area contributed by atoms with Gasteiger partial charge in [-0.2, -0.15) is 0 Å². The van der Waals surface area contributed by atoms with Crippen molar-refractivity contribution in [2.75, 3.05) is 5.32 Å². The number of aromatic amines is 1. The molecule has 2 rings (SSSR count). The Bertz CT molecular complexity index is 592. The van der Waals surface area contributed by atoms with Gasteiger partial charge in [0.05, 0.1) is 12.0 Å². The van der Waals surface area contributed by atoms with Crippen LogP contribution >= 0.6 is 47.8 Å². The van der Waals surface area contributed by atoms with Gasteiger partial charge in [0.15, 0.2) is 5.82 Å². The SMILES string of the molecule is O=c1[nH]cnc(Nc2c(Br)cccc2Br)c1Br. The molecule has 0 aliphatic rings. The number of para-hydroxylation sites is 1.